The topological polar surface area (TPSA) is 99.4 Å². The largest absolute Gasteiger partial charge is 0.504 e. The molecule has 0 aromatic heterocycles. The number of nitrogens with zero attached hydrogens (tertiary/aromatic N) is 2. The number of rotatable bonds is 7. The molecule has 34 heavy (non-hydrogen) atoms. The predicted molar refractivity (Wildman–Crippen MR) is 133 cm³/mol. The van der Waals surface area contributed by atoms with Crippen LogP contribution in [0.1, 0.15) is 23.3 Å². The van der Waals surface area contributed by atoms with E-state index in [1.165, 1.54) is 11.0 Å². The number of aromatic hydroxyl groups is 1. The van der Waals surface area contributed by atoms with Crippen molar-refractivity contribution in [3.63, 3.8) is 0 Å². The molecule has 1 aliphatic rings. The zero-order valence-electron chi connectivity index (χ0n) is 18.3. The van der Waals surface area contributed by atoms with E-state index in [2.05, 4.69) is 4.99 Å². The summed E-state index contributed by atoms with van der Waals surface area (Å²) in [7, 11) is 0. The predicted octanol–water partition coefficient (Wildman–Crippen LogP) is 5.09. The number of carboxylic acid groups (broad SMARTS) is 1. The standard InChI is InChI=1S/C26H22N2O5S/c1-2-33-21-15-9-12-18(22(21)29)16-20-24(30)28(19-13-7-4-8-14-19)26(27-20)34-23(25(31)32)17-10-5-3-6-11-17/h3-16,23,29H,2H2,1H3,(H,31,32)/b20-16-. The second-order valence-electron chi connectivity index (χ2n) is 7.27. The molecule has 1 heterocycles. The van der Waals surface area contributed by atoms with Crippen molar-refractivity contribution in [3.05, 3.63) is 95.7 Å². The van der Waals surface area contributed by atoms with E-state index in [4.69, 9.17) is 4.74 Å². The van der Waals surface area contributed by atoms with Crippen LogP contribution in [0, 0.1) is 0 Å². The Balaban J connectivity index is 1.76. The molecule has 3 aromatic carbocycles. The third-order valence-electron chi connectivity index (χ3n) is 5.02. The highest BCUT2D eigenvalue weighted by Crippen LogP contribution is 2.38. The fourth-order valence-electron chi connectivity index (χ4n) is 3.45. The van der Waals surface area contributed by atoms with Crippen molar-refractivity contribution in [3.8, 4) is 11.5 Å². The summed E-state index contributed by atoms with van der Waals surface area (Å²) >= 11 is 0.978. The molecule has 0 saturated carbocycles. The van der Waals surface area contributed by atoms with Crippen LogP contribution < -0.4 is 9.64 Å². The van der Waals surface area contributed by atoms with Crippen LogP contribution in [0.15, 0.2) is 89.6 Å². The van der Waals surface area contributed by atoms with Gasteiger partial charge < -0.3 is 14.9 Å². The molecule has 0 radical (unpaired) electrons. The minimum Gasteiger partial charge on any atom is -0.504 e. The molecule has 172 valence electrons. The van der Waals surface area contributed by atoms with E-state index in [1.54, 1.807) is 66.7 Å². The molecule has 8 heteroatoms. The lowest BCUT2D eigenvalue weighted by Crippen LogP contribution is -2.31. The molecular weight excluding hydrogens is 452 g/mol. The Morgan fingerprint density at radius 3 is 2.38 bits per heavy atom. The van der Waals surface area contributed by atoms with Gasteiger partial charge in [-0.1, -0.05) is 72.4 Å². The molecule has 4 rings (SSSR count). The Labute approximate surface area is 201 Å². The highest BCUT2D eigenvalue weighted by atomic mass is 32.2. The first-order valence-electron chi connectivity index (χ1n) is 10.6. The summed E-state index contributed by atoms with van der Waals surface area (Å²) in [5, 5.41) is 19.7. The molecule has 1 aliphatic heterocycles. The van der Waals surface area contributed by atoms with Crippen molar-refractivity contribution in [1.29, 1.82) is 0 Å². The molecular formula is C26H22N2O5S. The van der Waals surface area contributed by atoms with Gasteiger partial charge in [0.2, 0.25) is 0 Å². The summed E-state index contributed by atoms with van der Waals surface area (Å²) in [6.45, 7) is 2.19. The van der Waals surface area contributed by atoms with Gasteiger partial charge in [-0.15, -0.1) is 0 Å². The number of carboxylic acids is 1. The van der Waals surface area contributed by atoms with Gasteiger partial charge in [0.05, 0.1) is 12.3 Å². The summed E-state index contributed by atoms with van der Waals surface area (Å²) < 4.78 is 5.43. The van der Waals surface area contributed by atoms with Gasteiger partial charge in [-0.05, 0) is 36.8 Å². The van der Waals surface area contributed by atoms with Crippen molar-refractivity contribution < 1.29 is 24.5 Å². The molecule has 1 atom stereocenters. The molecule has 0 spiro atoms. The average molecular weight is 475 g/mol. The Hall–Kier alpha value is -4.04. The van der Waals surface area contributed by atoms with Crippen molar-refractivity contribution in [2.75, 3.05) is 11.5 Å². The van der Waals surface area contributed by atoms with Gasteiger partial charge in [0.15, 0.2) is 16.7 Å². The van der Waals surface area contributed by atoms with Crippen LogP contribution in [0.25, 0.3) is 6.08 Å². The average Bonchev–Trinajstić information content (AvgIpc) is 3.15. The van der Waals surface area contributed by atoms with Crippen LogP contribution in [0.2, 0.25) is 0 Å². The maximum absolute atomic E-state index is 13.4. The number of thioether (sulfide) groups is 1. The molecule has 3 aromatic rings. The number of aliphatic carboxylic acids is 1. The molecule has 0 bridgehead atoms. The second kappa shape index (κ2) is 10.3. The van der Waals surface area contributed by atoms with E-state index >= 15 is 0 Å². The molecule has 0 aliphatic carbocycles. The first-order chi connectivity index (χ1) is 16.5. The molecule has 1 unspecified atom stereocenters. The van der Waals surface area contributed by atoms with Crippen molar-refractivity contribution in [1.82, 2.24) is 0 Å². The monoisotopic (exact) mass is 474 g/mol. The number of amidine groups is 1. The lowest BCUT2D eigenvalue weighted by Gasteiger charge is -2.20. The summed E-state index contributed by atoms with van der Waals surface area (Å²) in [6, 6.07) is 22.7. The summed E-state index contributed by atoms with van der Waals surface area (Å²) in [5.74, 6) is -1.26. The highest BCUT2D eigenvalue weighted by molar-refractivity contribution is 8.15. The van der Waals surface area contributed by atoms with Gasteiger partial charge in [0, 0.05) is 5.56 Å². The van der Waals surface area contributed by atoms with Gasteiger partial charge in [-0.25, -0.2) is 4.99 Å². The summed E-state index contributed by atoms with van der Waals surface area (Å²) in [6.07, 6.45) is 1.47. The van der Waals surface area contributed by atoms with Crippen LogP contribution in [-0.4, -0.2) is 33.9 Å². The lowest BCUT2D eigenvalue weighted by atomic mass is 10.1. The number of phenolic OH excluding ortho intramolecular Hbond substituents is 1. The molecule has 7 nitrogen and oxygen atoms in total. The quantitative estimate of drug-likeness (QED) is 0.463. The van der Waals surface area contributed by atoms with Gasteiger partial charge in [0.1, 0.15) is 10.9 Å². The van der Waals surface area contributed by atoms with Gasteiger partial charge in [0.25, 0.3) is 5.91 Å². The maximum atomic E-state index is 13.4. The molecule has 0 fully saturated rings. The maximum Gasteiger partial charge on any atom is 0.321 e. The number of ether oxygens (including phenoxy) is 1. The smallest absolute Gasteiger partial charge is 0.321 e. The van der Waals surface area contributed by atoms with Crippen LogP contribution >= 0.6 is 11.8 Å². The van der Waals surface area contributed by atoms with Crippen LogP contribution in [-0.2, 0) is 9.59 Å². The Morgan fingerprint density at radius 2 is 1.74 bits per heavy atom. The van der Waals surface area contributed by atoms with Gasteiger partial charge in [-0.3, -0.25) is 14.5 Å². The fourth-order valence-corrected chi connectivity index (χ4v) is 4.50. The number of carbonyl (C=O) groups excluding carboxylic acids is 1. The number of hydrogen-bond donors (Lipinski definition) is 2. The Kier molecular flexibility index (Phi) is 6.98. The zero-order chi connectivity index (χ0) is 24.1. The lowest BCUT2D eigenvalue weighted by molar-refractivity contribution is -0.136. The summed E-state index contributed by atoms with van der Waals surface area (Å²) in [5.41, 5.74) is 1.59. The number of aliphatic imine (C=N–C) groups is 1. The van der Waals surface area contributed by atoms with E-state index in [-0.39, 0.29) is 16.6 Å². The van der Waals surface area contributed by atoms with E-state index in [1.807, 2.05) is 19.1 Å². The normalized spacial score (nSPS) is 15.3. The number of para-hydroxylation sites is 2. The third-order valence-corrected chi connectivity index (χ3v) is 6.21. The Morgan fingerprint density at radius 1 is 1.06 bits per heavy atom. The number of amides is 1. The van der Waals surface area contributed by atoms with Gasteiger partial charge in [-0.2, -0.15) is 0 Å². The minimum atomic E-state index is -1.04. The van der Waals surface area contributed by atoms with E-state index in [0.717, 1.165) is 11.8 Å². The number of hydrogen-bond acceptors (Lipinski definition) is 6. The van der Waals surface area contributed by atoms with Crippen molar-refractivity contribution in [2.45, 2.75) is 12.2 Å². The van der Waals surface area contributed by atoms with Crippen LogP contribution in [0.4, 0.5) is 5.69 Å². The number of anilines is 1. The SMILES string of the molecule is CCOc1cccc(/C=C2\N=C(SC(C(=O)O)c3ccccc3)N(c3ccccc3)C2=O)c1O. The Bertz CT molecular complexity index is 1260. The second-order valence-corrected chi connectivity index (χ2v) is 8.35. The van der Waals surface area contributed by atoms with E-state index in [9.17, 15) is 19.8 Å². The van der Waals surface area contributed by atoms with Crippen LogP contribution in [0.5, 0.6) is 11.5 Å². The van der Waals surface area contributed by atoms with Crippen molar-refractivity contribution in [2.24, 2.45) is 4.99 Å². The number of carbonyl (C=O) groups is 2. The van der Waals surface area contributed by atoms with Crippen LogP contribution in [0.3, 0.4) is 0 Å². The molecule has 2 N–H and O–H groups in total. The number of benzene rings is 3. The van der Waals surface area contributed by atoms with E-state index < -0.39 is 17.1 Å². The fraction of sp³-hybridized carbons (Fsp3) is 0.115. The first-order valence-corrected chi connectivity index (χ1v) is 11.5. The van der Waals surface area contributed by atoms with Gasteiger partial charge >= 0.3 is 5.97 Å². The molecule has 0 saturated heterocycles. The third kappa shape index (κ3) is 4.82. The minimum absolute atomic E-state index is 0.0764. The molecule has 1 amide bonds. The number of phenols is 1. The first kappa shape index (κ1) is 23.1. The van der Waals surface area contributed by atoms with E-state index in [0.29, 0.717) is 29.2 Å². The zero-order valence-corrected chi connectivity index (χ0v) is 19.1. The van der Waals surface area contributed by atoms with Crippen molar-refractivity contribution >= 4 is 40.6 Å². The highest BCUT2D eigenvalue weighted by Gasteiger charge is 2.35. The summed E-state index contributed by atoms with van der Waals surface area (Å²) in [4.78, 5) is 31.4.